The van der Waals surface area contributed by atoms with Gasteiger partial charge in [-0.05, 0) is 60.6 Å². The number of nitrogens with one attached hydrogen (secondary N) is 1. The van der Waals surface area contributed by atoms with Crippen LogP contribution >= 0.6 is 15.9 Å². The molecule has 114 valence electrons. The lowest BCUT2D eigenvalue weighted by atomic mass is 10.0. The van der Waals surface area contributed by atoms with Gasteiger partial charge in [-0.15, -0.1) is 0 Å². The molecule has 1 aliphatic carbocycles. The molecule has 0 unspecified atom stereocenters. The van der Waals surface area contributed by atoms with Crippen molar-refractivity contribution in [2.45, 2.75) is 38.6 Å². The Morgan fingerprint density at radius 3 is 2.82 bits per heavy atom. The van der Waals surface area contributed by atoms with Gasteiger partial charge in [0.2, 0.25) is 5.91 Å². The minimum Gasteiger partial charge on any atom is -0.349 e. The van der Waals surface area contributed by atoms with Crippen molar-refractivity contribution in [3.63, 3.8) is 0 Å². The van der Waals surface area contributed by atoms with Crippen LogP contribution < -0.4 is 5.32 Å². The van der Waals surface area contributed by atoms with Gasteiger partial charge in [0, 0.05) is 4.47 Å². The van der Waals surface area contributed by atoms with Gasteiger partial charge in [0.1, 0.15) is 0 Å². The van der Waals surface area contributed by atoms with Crippen LogP contribution in [-0.2, 0) is 24.1 Å². The van der Waals surface area contributed by atoms with Crippen molar-refractivity contribution in [2.75, 3.05) is 0 Å². The maximum absolute atomic E-state index is 12.2. The molecule has 1 N–H and O–H groups in total. The first kappa shape index (κ1) is 15.3. The van der Waals surface area contributed by atoms with Crippen molar-refractivity contribution in [2.24, 2.45) is 0 Å². The molecule has 1 atom stereocenters. The molecule has 0 bridgehead atoms. The summed E-state index contributed by atoms with van der Waals surface area (Å²) in [7, 11) is 0. The molecule has 2 nitrogen and oxygen atoms in total. The zero-order valence-corrected chi connectivity index (χ0v) is 14.3. The van der Waals surface area contributed by atoms with Crippen molar-refractivity contribution in [1.82, 2.24) is 5.32 Å². The molecule has 0 saturated heterocycles. The van der Waals surface area contributed by atoms with E-state index in [0.717, 1.165) is 10.0 Å². The summed E-state index contributed by atoms with van der Waals surface area (Å²) < 4.78 is 1.00. The number of aryl methyl sites for hydroxylation is 2. The molecular weight excluding hydrogens is 338 g/mol. The van der Waals surface area contributed by atoms with E-state index in [2.05, 4.69) is 46.4 Å². The van der Waals surface area contributed by atoms with Gasteiger partial charge in [-0.3, -0.25) is 4.79 Å². The molecule has 0 aliphatic heterocycles. The maximum atomic E-state index is 12.2. The van der Waals surface area contributed by atoms with Gasteiger partial charge >= 0.3 is 0 Å². The van der Waals surface area contributed by atoms with Gasteiger partial charge in [0.15, 0.2) is 0 Å². The number of carbonyl (C=O) groups is 1. The summed E-state index contributed by atoms with van der Waals surface area (Å²) in [6, 6.07) is 14.6. The van der Waals surface area contributed by atoms with Crippen molar-refractivity contribution in [3.8, 4) is 0 Å². The lowest BCUT2D eigenvalue weighted by Crippen LogP contribution is -2.28. The van der Waals surface area contributed by atoms with Gasteiger partial charge in [0.05, 0.1) is 12.5 Å². The van der Waals surface area contributed by atoms with E-state index >= 15 is 0 Å². The highest BCUT2D eigenvalue weighted by Crippen LogP contribution is 2.25. The predicted octanol–water partition coefficient (Wildman–Crippen LogP) is 4.36. The minimum absolute atomic E-state index is 0.0468. The summed E-state index contributed by atoms with van der Waals surface area (Å²) >= 11 is 3.44. The minimum atomic E-state index is 0.0468. The SMILES string of the molecule is C[C@H](NC(=O)Cc1cccc(Br)c1)c1ccc2c(c1)CCC2. The van der Waals surface area contributed by atoms with Crippen LogP contribution in [0.2, 0.25) is 0 Å². The molecule has 2 aromatic rings. The lowest BCUT2D eigenvalue weighted by Gasteiger charge is -2.16. The molecular formula is C19H20BrNO. The highest BCUT2D eigenvalue weighted by atomic mass is 79.9. The Bertz CT molecular complexity index is 696. The highest BCUT2D eigenvalue weighted by Gasteiger charge is 2.15. The number of rotatable bonds is 4. The number of hydrogen-bond acceptors (Lipinski definition) is 1. The first-order valence-electron chi connectivity index (χ1n) is 7.77. The van der Waals surface area contributed by atoms with Gasteiger partial charge in [-0.1, -0.05) is 46.3 Å². The maximum Gasteiger partial charge on any atom is 0.224 e. The van der Waals surface area contributed by atoms with Crippen LogP contribution in [0.3, 0.4) is 0 Å². The number of hydrogen-bond donors (Lipinski definition) is 1. The molecule has 1 amide bonds. The predicted molar refractivity (Wildman–Crippen MR) is 92.9 cm³/mol. The molecule has 22 heavy (non-hydrogen) atoms. The first-order valence-corrected chi connectivity index (χ1v) is 8.56. The molecule has 3 heteroatoms. The fourth-order valence-corrected chi connectivity index (χ4v) is 3.52. The zero-order valence-electron chi connectivity index (χ0n) is 12.7. The van der Waals surface area contributed by atoms with Crippen LogP contribution in [0.1, 0.15) is 41.6 Å². The average Bonchev–Trinajstić information content (AvgIpc) is 2.94. The van der Waals surface area contributed by atoms with Gasteiger partial charge in [0.25, 0.3) is 0 Å². The second-order valence-corrected chi connectivity index (χ2v) is 6.89. The fourth-order valence-electron chi connectivity index (χ4n) is 3.07. The standard InChI is InChI=1S/C19H20BrNO/c1-13(16-9-8-15-5-3-6-17(15)12-16)21-19(22)11-14-4-2-7-18(20)10-14/h2,4,7-10,12-13H,3,5-6,11H2,1H3,(H,21,22)/t13-/m0/s1. The summed E-state index contributed by atoms with van der Waals surface area (Å²) in [5, 5.41) is 3.10. The third kappa shape index (κ3) is 3.58. The lowest BCUT2D eigenvalue weighted by molar-refractivity contribution is -0.121. The normalized spacial score (nSPS) is 14.5. The average molecular weight is 358 g/mol. The Kier molecular flexibility index (Phi) is 4.63. The summed E-state index contributed by atoms with van der Waals surface area (Å²) in [6.45, 7) is 2.05. The molecule has 0 radical (unpaired) electrons. The summed E-state index contributed by atoms with van der Waals surface area (Å²) in [4.78, 5) is 12.2. The van der Waals surface area contributed by atoms with E-state index in [1.807, 2.05) is 24.3 Å². The molecule has 1 aliphatic rings. The first-order chi connectivity index (χ1) is 10.6. The topological polar surface area (TPSA) is 29.1 Å². The Morgan fingerprint density at radius 1 is 1.18 bits per heavy atom. The molecule has 0 spiro atoms. The molecule has 0 saturated carbocycles. The van der Waals surface area contributed by atoms with Crippen molar-refractivity contribution in [3.05, 3.63) is 69.2 Å². The van der Waals surface area contributed by atoms with E-state index in [1.165, 1.54) is 36.0 Å². The monoisotopic (exact) mass is 357 g/mol. The molecule has 0 fully saturated rings. The van der Waals surface area contributed by atoms with Crippen LogP contribution in [0.15, 0.2) is 46.9 Å². The van der Waals surface area contributed by atoms with Crippen LogP contribution in [-0.4, -0.2) is 5.91 Å². The van der Waals surface area contributed by atoms with Crippen LogP contribution in [0.4, 0.5) is 0 Å². The van der Waals surface area contributed by atoms with E-state index in [-0.39, 0.29) is 11.9 Å². The van der Waals surface area contributed by atoms with Crippen LogP contribution in [0, 0.1) is 0 Å². The van der Waals surface area contributed by atoms with Gasteiger partial charge < -0.3 is 5.32 Å². The fraction of sp³-hybridized carbons (Fsp3) is 0.316. The van der Waals surface area contributed by atoms with E-state index < -0.39 is 0 Å². The second kappa shape index (κ2) is 6.66. The summed E-state index contributed by atoms with van der Waals surface area (Å²) in [5.41, 5.74) is 5.14. The van der Waals surface area contributed by atoms with Crippen LogP contribution in [0.5, 0.6) is 0 Å². The second-order valence-electron chi connectivity index (χ2n) is 5.98. The summed E-state index contributed by atoms with van der Waals surface area (Å²) in [6.07, 6.45) is 4.03. The molecule has 0 aromatic heterocycles. The Labute approximate surface area is 140 Å². The quantitative estimate of drug-likeness (QED) is 0.865. The zero-order chi connectivity index (χ0) is 15.5. The van der Waals surface area contributed by atoms with Gasteiger partial charge in [-0.2, -0.15) is 0 Å². The van der Waals surface area contributed by atoms with E-state index in [9.17, 15) is 4.79 Å². The van der Waals surface area contributed by atoms with E-state index in [4.69, 9.17) is 0 Å². The Morgan fingerprint density at radius 2 is 2.00 bits per heavy atom. The highest BCUT2D eigenvalue weighted by molar-refractivity contribution is 9.10. The molecule has 2 aromatic carbocycles. The van der Waals surface area contributed by atoms with Crippen molar-refractivity contribution >= 4 is 21.8 Å². The van der Waals surface area contributed by atoms with Crippen molar-refractivity contribution < 1.29 is 4.79 Å². The van der Waals surface area contributed by atoms with E-state index in [1.54, 1.807) is 0 Å². The summed E-state index contributed by atoms with van der Waals surface area (Å²) in [5.74, 6) is 0.0612. The molecule has 3 rings (SSSR count). The smallest absolute Gasteiger partial charge is 0.224 e. The Balaban J connectivity index is 1.63. The van der Waals surface area contributed by atoms with E-state index in [0.29, 0.717) is 6.42 Å². The number of benzene rings is 2. The Hall–Kier alpha value is -1.61. The number of halogens is 1. The van der Waals surface area contributed by atoms with Gasteiger partial charge in [-0.25, -0.2) is 0 Å². The third-order valence-corrected chi connectivity index (χ3v) is 4.75. The largest absolute Gasteiger partial charge is 0.349 e. The number of amides is 1. The number of carbonyl (C=O) groups excluding carboxylic acids is 1. The third-order valence-electron chi connectivity index (χ3n) is 4.25. The van der Waals surface area contributed by atoms with Crippen molar-refractivity contribution in [1.29, 1.82) is 0 Å². The number of fused-ring (bicyclic) bond motifs is 1. The van der Waals surface area contributed by atoms with Crippen LogP contribution in [0.25, 0.3) is 0 Å². The molecule has 0 heterocycles.